The van der Waals surface area contributed by atoms with Crippen molar-refractivity contribution in [2.24, 2.45) is 0 Å². The van der Waals surface area contributed by atoms with Gasteiger partial charge in [0.2, 0.25) is 37.4 Å². The molecule has 0 aliphatic carbocycles. The molecule has 9 aliphatic heterocycles. The van der Waals surface area contributed by atoms with E-state index in [4.69, 9.17) is 78.0 Å². The van der Waals surface area contributed by atoms with Crippen LogP contribution in [-0.4, -0.2) is 312 Å². The van der Waals surface area contributed by atoms with E-state index in [1.165, 1.54) is 67.6 Å². The Labute approximate surface area is 737 Å². The molecule has 0 saturated carbocycles. The lowest BCUT2D eigenvalue weighted by Crippen LogP contribution is -2.56. The van der Waals surface area contributed by atoms with Gasteiger partial charge in [-0.1, -0.05) is 129 Å². The molecule has 0 spiro atoms. The summed E-state index contributed by atoms with van der Waals surface area (Å²) < 4.78 is 36.0. The van der Waals surface area contributed by atoms with Crippen LogP contribution in [-0.2, 0) is 67.5 Å². The first-order valence-corrected chi connectivity index (χ1v) is 43.8. The van der Waals surface area contributed by atoms with E-state index in [-0.39, 0.29) is 73.7 Å². The van der Waals surface area contributed by atoms with Crippen LogP contribution in [0.1, 0.15) is 33.8 Å². The van der Waals surface area contributed by atoms with Crippen molar-refractivity contribution in [2.75, 3.05) is 228 Å². The predicted octanol–water partition coefficient (Wildman–Crippen LogP) is 9.07. The Morgan fingerprint density at radius 2 is 0.738 bits per heavy atom. The Morgan fingerprint density at radius 1 is 0.397 bits per heavy atom. The molecule has 0 radical (unpaired) electrons. The third-order valence-corrected chi connectivity index (χ3v) is 25.6. The van der Waals surface area contributed by atoms with Crippen molar-refractivity contribution in [1.29, 1.82) is 0 Å². The van der Waals surface area contributed by atoms with Crippen molar-refractivity contribution in [3.63, 3.8) is 0 Å². The second-order valence-corrected chi connectivity index (χ2v) is 33.4. The van der Waals surface area contributed by atoms with Gasteiger partial charge in [-0.2, -0.15) is 29.9 Å². The molecule has 3 aromatic heterocycles. The fourth-order valence-electron chi connectivity index (χ4n) is 18.7. The van der Waals surface area contributed by atoms with Crippen molar-refractivity contribution in [3.8, 4) is 18.0 Å². The van der Waals surface area contributed by atoms with Crippen LogP contribution in [0.15, 0.2) is 165 Å². The number of likely N-dealkylation sites (N-methyl/N-ethyl adjacent to an activating group) is 3. The number of benzene rings is 6. The number of hydrogen-bond donors (Lipinski definition) is 0. The highest BCUT2D eigenvalue weighted by atomic mass is 16.5. The number of ether oxygens (including phenoxy) is 6. The summed E-state index contributed by atoms with van der Waals surface area (Å²) in [7, 11) is 6.25. The van der Waals surface area contributed by atoms with Crippen LogP contribution < -0.4 is 43.6 Å². The van der Waals surface area contributed by atoms with Gasteiger partial charge >= 0.3 is 18.0 Å². The number of amides is 3. The Kier molecular flexibility index (Phi) is 28.0. The summed E-state index contributed by atoms with van der Waals surface area (Å²) in [6, 6.07) is 45.3. The normalized spacial score (nSPS) is 21.1. The van der Waals surface area contributed by atoms with Gasteiger partial charge < -0.3 is 92.0 Å². The number of aromatic nitrogens is 6. The minimum absolute atomic E-state index is 0.0458. The fourth-order valence-corrected chi connectivity index (χ4v) is 18.7. The van der Waals surface area contributed by atoms with Gasteiger partial charge in [-0.15, -0.1) is 0 Å². The minimum Gasteiger partial charge on any atom is -0.462 e. The van der Waals surface area contributed by atoms with Crippen LogP contribution in [0.2, 0.25) is 0 Å². The van der Waals surface area contributed by atoms with E-state index >= 15 is 0 Å². The molecule has 0 N–H and O–H groups in total. The summed E-state index contributed by atoms with van der Waals surface area (Å²) in [4.78, 5) is 104. The number of piperazine rings is 3. The van der Waals surface area contributed by atoms with Crippen molar-refractivity contribution < 1.29 is 42.8 Å². The van der Waals surface area contributed by atoms with E-state index in [1.807, 2.05) is 0 Å². The van der Waals surface area contributed by atoms with Gasteiger partial charge in [0.25, 0.3) is 0 Å². The minimum atomic E-state index is -0.237. The Hall–Kier alpha value is -12.6. The zero-order chi connectivity index (χ0) is 87.2. The first-order chi connectivity index (χ1) is 61.6. The van der Waals surface area contributed by atoms with E-state index in [0.717, 1.165) is 130 Å². The van der Waals surface area contributed by atoms with Crippen LogP contribution in [0.5, 0.6) is 18.0 Å². The monoisotopic (exact) mass is 1700 g/mol. The molecular weight excluding hydrogens is 1590 g/mol. The summed E-state index contributed by atoms with van der Waals surface area (Å²) in [5.41, 5.74) is 9.76. The number of morpholine rings is 3. The van der Waals surface area contributed by atoms with Gasteiger partial charge in [-0.25, -0.2) is 19.7 Å². The van der Waals surface area contributed by atoms with Crippen LogP contribution in [0.25, 0.3) is 46.9 Å². The highest BCUT2D eigenvalue weighted by molar-refractivity contribution is 5.97. The number of carbonyl (C=O) groups excluding carboxylic acids is 3. The summed E-state index contributed by atoms with van der Waals surface area (Å²) >= 11 is 0. The van der Waals surface area contributed by atoms with Crippen LogP contribution >= 0.6 is 0 Å². The zero-order valence-electron chi connectivity index (χ0n) is 72.3. The summed E-state index contributed by atoms with van der Waals surface area (Å²) in [5, 5.41) is 7.30. The standard InChI is InChI=1S/3C32H37N7O3/c2*1-4-30(40)39-15-14-38(19-24(39)18-33-2)31-27-12-13-37(29-11-7-9-23-8-5-6-10-26(23)29)20-28(27)34-32(35-31)42-22-25-21-41-17-16-36(25)3;1-4-30(40)39-15-14-38(19-24(39)18-33-2)31-27-12-13-37(29-11-7-9-23-8-5-6-10-26(23)29)21-28(27)34-32(35-31)42-22-25-20-36(3)16-17-41-25/h3*4-11,24-25H,1,12-22H2,3H3/t3*24?,25-/m100/s1. The molecule has 6 fully saturated rings. The molecule has 654 valence electrons. The highest BCUT2D eigenvalue weighted by Gasteiger charge is 2.40. The number of carbonyl (C=O) groups is 3. The van der Waals surface area contributed by atoms with Crippen LogP contribution in [0.4, 0.5) is 34.5 Å². The predicted molar refractivity (Wildman–Crippen MR) is 489 cm³/mol. The second kappa shape index (κ2) is 40.6. The van der Waals surface area contributed by atoms with E-state index < -0.39 is 0 Å². The lowest BCUT2D eigenvalue weighted by molar-refractivity contribution is -0.129. The summed E-state index contributed by atoms with van der Waals surface area (Å²) in [6.07, 6.45) is 6.30. The molecule has 9 aliphatic rings. The first kappa shape index (κ1) is 86.9. The fraction of sp³-hybridized carbons (Fsp3) is 0.438. The number of anilines is 6. The average molecular weight is 1700 g/mol. The van der Waals surface area contributed by atoms with Gasteiger partial charge in [0.1, 0.15) is 61.5 Å². The lowest BCUT2D eigenvalue weighted by atomic mass is 10.0. The van der Waals surface area contributed by atoms with Gasteiger partial charge in [0, 0.05) is 155 Å². The van der Waals surface area contributed by atoms with Crippen molar-refractivity contribution in [2.45, 2.75) is 75.2 Å². The highest BCUT2D eigenvalue weighted by Crippen LogP contribution is 2.40. The largest absolute Gasteiger partial charge is 0.462 e. The Morgan fingerprint density at radius 3 is 1.07 bits per heavy atom. The van der Waals surface area contributed by atoms with Gasteiger partial charge in [0.05, 0.1) is 81.8 Å². The quantitative estimate of drug-likeness (QED) is 0.0481. The number of nitrogens with zero attached hydrogens (tertiary/aromatic N) is 21. The maximum Gasteiger partial charge on any atom is 0.318 e. The number of rotatable bonds is 21. The summed E-state index contributed by atoms with van der Waals surface area (Å²) in [5.74, 6) is 2.13. The Bertz CT molecular complexity index is 5340. The lowest BCUT2D eigenvalue weighted by Gasteiger charge is -2.41. The topological polar surface area (TPSA) is 236 Å². The maximum absolute atomic E-state index is 12.5. The summed E-state index contributed by atoms with van der Waals surface area (Å²) in [6.45, 7) is 51.5. The first-order valence-electron chi connectivity index (χ1n) is 43.8. The molecule has 6 saturated heterocycles. The molecule has 18 rings (SSSR count). The number of fused-ring (bicyclic) bond motifs is 6. The zero-order valence-corrected chi connectivity index (χ0v) is 72.3. The SMILES string of the molecule is [C-]#[N+]CC1CN(c2nc(OC[C@@H]3CN(C)CCO3)nc3c2CCN(c2cccc4ccccc24)C3)CCN1C(=O)C=C.[C-]#[N+]CC1CN(c2nc(OC[C@@H]3COCCN3C)nc3c2CCN(c2cccc4ccccc24)C3)CCN1C(=O)C=C.[C-]#[N+]CC1CN(c2nc(OC[C@H]3COCCN3C)nc3c2CCN(c2cccc4ccccc24)C3)CCN1C(=O)C=C. The molecule has 12 heterocycles. The molecule has 6 aromatic carbocycles. The van der Waals surface area contributed by atoms with Crippen molar-refractivity contribution >= 4 is 84.6 Å². The van der Waals surface area contributed by atoms with Gasteiger partial charge in [-0.3, -0.25) is 24.2 Å². The molecule has 126 heavy (non-hydrogen) atoms. The molecule has 30 heteroatoms. The third-order valence-electron chi connectivity index (χ3n) is 25.6. The smallest absolute Gasteiger partial charge is 0.318 e. The molecule has 3 amide bonds. The number of hydrogen-bond acceptors (Lipinski definition) is 24. The molecule has 9 aromatic rings. The van der Waals surface area contributed by atoms with E-state index in [9.17, 15) is 14.4 Å². The van der Waals surface area contributed by atoms with Crippen LogP contribution in [0.3, 0.4) is 0 Å². The Balaban J connectivity index is 0.000000139. The van der Waals surface area contributed by atoms with Crippen molar-refractivity contribution in [3.05, 3.63) is 233 Å². The van der Waals surface area contributed by atoms with Crippen LogP contribution in [0, 0.1) is 19.7 Å². The van der Waals surface area contributed by atoms with Gasteiger partial charge in [0.15, 0.2) is 0 Å². The van der Waals surface area contributed by atoms with Crippen molar-refractivity contribution in [1.82, 2.24) is 59.3 Å². The molecule has 30 nitrogen and oxygen atoms in total. The van der Waals surface area contributed by atoms with E-state index in [2.05, 4.69) is 227 Å². The van der Waals surface area contributed by atoms with E-state index in [0.29, 0.717) is 136 Å². The second-order valence-electron chi connectivity index (χ2n) is 33.4. The molecule has 3 unspecified atom stereocenters. The molecule has 0 bridgehead atoms. The maximum atomic E-state index is 12.5. The molecular formula is C96H111N21O9. The average Bonchev–Trinajstić information content (AvgIpc) is 0.771. The third kappa shape index (κ3) is 19.7. The molecule has 6 atom stereocenters. The van der Waals surface area contributed by atoms with Gasteiger partial charge in [-0.05, 0) is 93.0 Å². The van der Waals surface area contributed by atoms with E-state index in [1.54, 1.807) is 14.7 Å².